The number of nitrogens with one attached hydrogen (secondary N) is 1. The summed E-state index contributed by atoms with van der Waals surface area (Å²) in [5.74, 6) is -1.44. The van der Waals surface area contributed by atoms with Gasteiger partial charge in [-0.25, -0.2) is 0 Å². The van der Waals surface area contributed by atoms with Gasteiger partial charge in [0.05, 0.1) is 5.92 Å². The Bertz CT molecular complexity index is 281. The number of carbonyl (C=O) groups excluding carboxylic acids is 1. The summed E-state index contributed by atoms with van der Waals surface area (Å²) in [6.45, 7) is 2.85. The molecule has 2 N–H and O–H groups in total. The summed E-state index contributed by atoms with van der Waals surface area (Å²) in [5.41, 5.74) is 0. The first-order valence-electron chi connectivity index (χ1n) is 6.20. The molecule has 0 aromatic rings. The van der Waals surface area contributed by atoms with Crippen molar-refractivity contribution in [2.75, 3.05) is 20.1 Å². The molecule has 0 radical (unpaired) electrons. The fraction of sp³-hybridized carbons (Fsp3) is 0.833. The van der Waals surface area contributed by atoms with Crippen LogP contribution in [0, 0.1) is 5.92 Å². The van der Waals surface area contributed by atoms with Gasteiger partial charge in [0.1, 0.15) is 0 Å². The van der Waals surface area contributed by atoms with E-state index in [1.54, 1.807) is 6.92 Å². The van der Waals surface area contributed by atoms with Crippen LogP contribution in [0.15, 0.2) is 0 Å². The minimum atomic E-state index is -0.875. The largest absolute Gasteiger partial charge is 0.481 e. The second-order valence-electron chi connectivity index (χ2n) is 4.88. The van der Waals surface area contributed by atoms with Crippen LogP contribution in [0.1, 0.15) is 32.6 Å². The molecular formula is C12H22N2O3. The number of aliphatic carboxylic acids is 1. The smallest absolute Gasteiger partial charge is 0.308 e. The quantitative estimate of drug-likeness (QED) is 0.744. The van der Waals surface area contributed by atoms with E-state index >= 15 is 0 Å². The lowest BCUT2D eigenvalue weighted by Gasteiger charge is -2.32. The highest BCUT2D eigenvalue weighted by molar-refractivity contribution is 5.77. The Morgan fingerprint density at radius 2 is 2.18 bits per heavy atom. The SMILES string of the molecule is CC(CNC(=O)CC1CCCCN1C)C(=O)O. The molecule has 0 spiro atoms. The lowest BCUT2D eigenvalue weighted by Crippen LogP contribution is -2.41. The van der Waals surface area contributed by atoms with E-state index in [2.05, 4.69) is 10.2 Å². The van der Waals surface area contributed by atoms with Gasteiger partial charge in [0.15, 0.2) is 0 Å². The van der Waals surface area contributed by atoms with Crippen LogP contribution in [0.25, 0.3) is 0 Å². The van der Waals surface area contributed by atoms with Gasteiger partial charge in [-0.15, -0.1) is 0 Å². The van der Waals surface area contributed by atoms with Crippen LogP contribution in [-0.4, -0.2) is 48.1 Å². The van der Waals surface area contributed by atoms with E-state index < -0.39 is 11.9 Å². The zero-order valence-corrected chi connectivity index (χ0v) is 10.6. The molecule has 1 amide bonds. The second-order valence-corrected chi connectivity index (χ2v) is 4.88. The maximum absolute atomic E-state index is 11.7. The van der Waals surface area contributed by atoms with E-state index in [1.165, 1.54) is 12.8 Å². The van der Waals surface area contributed by atoms with Gasteiger partial charge in [0.2, 0.25) is 5.91 Å². The third kappa shape index (κ3) is 4.73. The van der Waals surface area contributed by atoms with Gasteiger partial charge in [-0.3, -0.25) is 9.59 Å². The van der Waals surface area contributed by atoms with Crippen molar-refractivity contribution >= 4 is 11.9 Å². The van der Waals surface area contributed by atoms with Crippen molar-refractivity contribution in [2.45, 2.75) is 38.6 Å². The van der Waals surface area contributed by atoms with Crippen molar-refractivity contribution in [2.24, 2.45) is 5.92 Å². The minimum Gasteiger partial charge on any atom is -0.481 e. The first-order valence-corrected chi connectivity index (χ1v) is 6.20. The van der Waals surface area contributed by atoms with Gasteiger partial charge in [0, 0.05) is 19.0 Å². The number of carboxylic acids is 1. The third-order valence-corrected chi connectivity index (χ3v) is 3.37. The van der Waals surface area contributed by atoms with Crippen molar-refractivity contribution in [3.63, 3.8) is 0 Å². The number of piperidine rings is 1. The van der Waals surface area contributed by atoms with Crippen LogP contribution in [0.4, 0.5) is 0 Å². The normalized spacial score (nSPS) is 23.1. The zero-order chi connectivity index (χ0) is 12.8. The summed E-state index contributed by atoms with van der Waals surface area (Å²) in [5, 5.41) is 11.4. The number of hydrogen-bond acceptors (Lipinski definition) is 3. The number of likely N-dealkylation sites (tertiary alicyclic amines) is 1. The number of hydrogen-bond donors (Lipinski definition) is 2. The first-order chi connectivity index (χ1) is 8.00. The Morgan fingerprint density at radius 1 is 1.47 bits per heavy atom. The molecule has 2 unspecified atom stereocenters. The molecule has 5 heteroatoms. The lowest BCUT2D eigenvalue weighted by atomic mass is 10.00. The number of nitrogens with zero attached hydrogens (tertiary/aromatic N) is 1. The molecule has 2 atom stereocenters. The number of rotatable bonds is 5. The number of amides is 1. The van der Waals surface area contributed by atoms with Gasteiger partial charge in [0.25, 0.3) is 0 Å². The van der Waals surface area contributed by atoms with Gasteiger partial charge < -0.3 is 15.3 Å². The summed E-state index contributed by atoms with van der Waals surface area (Å²) in [4.78, 5) is 24.5. The highest BCUT2D eigenvalue weighted by Gasteiger charge is 2.22. The Labute approximate surface area is 102 Å². The molecule has 17 heavy (non-hydrogen) atoms. The van der Waals surface area contributed by atoms with Crippen molar-refractivity contribution in [1.29, 1.82) is 0 Å². The lowest BCUT2D eigenvalue weighted by molar-refractivity contribution is -0.141. The first kappa shape index (κ1) is 14.0. The molecule has 0 bridgehead atoms. The van der Waals surface area contributed by atoms with E-state index in [0.717, 1.165) is 13.0 Å². The number of carboxylic acid groups (broad SMARTS) is 1. The minimum absolute atomic E-state index is 0.0446. The standard InChI is InChI=1S/C12H22N2O3/c1-9(12(16)17)8-13-11(15)7-10-5-3-4-6-14(10)2/h9-10H,3-8H2,1-2H3,(H,13,15)(H,16,17). The summed E-state index contributed by atoms with van der Waals surface area (Å²) < 4.78 is 0. The third-order valence-electron chi connectivity index (χ3n) is 3.37. The monoisotopic (exact) mass is 242 g/mol. The molecule has 1 rings (SSSR count). The molecule has 0 aromatic carbocycles. The van der Waals surface area contributed by atoms with Crippen LogP contribution in [-0.2, 0) is 9.59 Å². The molecule has 1 aliphatic heterocycles. The maximum atomic E-state index is 11.7. The molecule has 1 heterocycles. The second kappa shape index (κ2) is 6.59. The Kier molecular flexibility index (Phi) is 5.41. The Balaban J connectivity index is 2.26. The van der Waals surface area contributed by atoms with E-state index in [4.69, 9.17) is 5.11 Å². The van der Waals surface area contributed by atoms with Gasteiger partial charge >= 0.3 is 5.97 Å². The Morgan fingerprint density at radius 3 is 2.76 bits per heavy atom. The number of carbonyl (C=O) groups is 2. The van der Waals surface area contributed by atoms with Gasteiger partial charge in [-0.1, -0.05) is 13.3 Å². The fourth-order valence-corrected chi connectivity index (χ4v) is 2.04. The average molecular weight is 242 g/mol. The molecule has 5 nitrogen and oxygen atoms in total. The predicted molar refractivity (Wildman–Crippen MR) is 64.7 cm³/mol. The summed E-state index contributed by atoms with van der Waals surface area (Å²) in [6.07, 6.45) is 3.90. The fourth-order valence-electron chi connectivity index (χ4n) is 2.04. The zero-order valence-electron chi connectivity index (χ0n) is 10.6. The molecule has 98 valence electrons. The van der Waals surface area contributed by atoms with E-state index in [0.29, 0.717) is 12.5 Å². The van der Waals surface area contributed by atoms with Gasteiger partial charge in [-0.05, 0) is 26.4 Å². The molecule has 0 aliphatic carbocycles. The highest BCUT2D eigenvalue weighted by atomic mass is 16.4. The van der Waals surface area contributed by atoms with E-state index in [1.807, 2.05) is 7.05 Å². The maximum Gasteiger partial charge on any atom is 0.308 e. The molecule has 1 fully saturated rings. The van der Waals surface area contributed by atoms with Crippen LogP contribution >= 0.6 is 0 Å². The summed E-state index contributed by atoms with van der Waals surface area (Å²) >= 11 is 0. The molecule has 1 aliphatic rings. The summed E-state index contributed by atoms with van der Waals surface area (Å²) in [7, 11) is 2.04. The highest BCUT2D eigenvalue weighted by Crippen LogP contribution is 2.17. The van der Waals surface area contributed by atoms with Crippen molar-refractivity contribution in [3.05, 3.63) is 0 Å². The molecular weight excluding hydrogens is 220 g/mol. The molecule has 0 saturated carbocycles. The van der Waals surface area contributed by atoms with Crippen LogP contribution in [0.3, 0.4) is 0 Å². The Hall–Kier alpha value is -1.10. The predicted octanol–water partition coefficient (Wildman–Crippen LogP) is 0.698. The topological polar surface area (TPSA) is 69.6 Å². The van der Waals surface area contributed by atoms with Gasteiger partial charge in [-0.2, -0.15) is 0 Å². The molecule has 0 aromatic heterocycles. The van der Waals surface area contributed by atoms with Crippen molar-refractivity contribution < 1.29 is 14.7 Å². The van der Waals surface area contributed by atoms with Crippen LogP contribution in [0.5, 0.6) is 0 Å². The van der Waals surface area contributed by atoms with E-state index in [-0.39, 0.29) is 12.5 Å². The summed E-state index contributed by atoms with van der Waals surface area (Å²) in [6, 6.07) is 0.309. The van der Waals surface area contributed by atoms with Crippen LogP contribution < -0.4 is 5.32 Å². The van der Waals surface area contributed by atoms with Crippen LogP contribution in [0.2, 0.25) is 0 Å². The van der Waals surface area contributed by atoms with Crippen molar-refractivity contribution in [3.8, 4) is 0 Å². The van der Waals surface area contributed by atoms with E-state index in [9.17, 15) is 9.59 Å². The van der Waals surface area contributed by atoms with Crippen molar-refractivity contribution in [1.82, 2.24) is 10.2 Å². The molecule has 1 saturated heterocycles. The average Bonchev–Trinajstić information content (AvgIpc) is 2.29.